The molecule has 3 N–H and O–H groups in total. The summed E-state index contributed by atoms with van der Waals surface area (Å²) >= 11 is 1.84. The van der Waals surface area contributed by atoms with E-state index in [0.29, 0.717) is 8.77 Å². The molecule has 13 heavy (non-hydrogen) atoms. The zero-order valence-electron chi connectivity index (χ0n) is 6.18. The molecule has 1 atom stereocenters. The van der Waals surface area contributed by atoms with E-state index in [1.807, 2.05) is 22.6 Å². The van der Waals surface area contributed by atoms with E-state index in [-0.39, 0.29) is 11.4 Å². The summed E-state index contributed by atoms with van der Waals surface area (Å²) in [4.78, 5) is 15.1. The van der Waals surface area contributed by atoms with Gasteiger partial charge in [0.05, 0.1) is 0 Å². The van der Waals surface area contributed by atoms with Gasteiger partial charge in [0.2, 0.25) is 6.29 Å². The smallest absolute Gasteiger partial charge is 0.287 e. The molecule has 68 valence electrons. The van der Waals surface area contributed by atoms with E-state index < -0.39 is 12.2 Å². The van der Waals surface area contributed by atoms with Gasteiger partial charge in [0, 0.05) is 0 Å². The van der Waals surface area contributed by atoms with E-state index in [2.05, 4.69) is 15.2 Å². The molecule has 2 aliphatic heterocycles. The molecule has 0 aromatic heterocycles. The summed E-state index contributed by atoms with van der Waals surface area (Å²) in [5, 5.41) is 16.8. The quantitative estimate of drug-likeness (QED) is 0.372. The van der Waals surface area contributed by atoms with Crippen molar-refractivity contribution in [3.63, 3.8) is 0 Å². The number of aliphatic imine (C=N–C) groups is 1. The molecule has 2 heterocycles. The lowest BCUT2D eigenvalue weighted by Gasteiger charge is -2.23. The molecule has 0 saturated heterocycles. The number of hydrogen-bond acceptors (Lipinski definition) is 6. The molecule has 0 aromatic carbocycles. The van der Waals surface area contributed by atoms with Crippen LogP contribution in [0.4, 0.5) is 0 Å². The number of carbonyl (C=O) groups is 1. The Morgan fingerprint density at radius 3 is 2.92 bits per heavy atom. The molecule has 0 aromatic rings. The third kappa shape index (κ3) is 1.17. The Hall–Kier alpha value is -0.870. The van der Waals surface area contributed by atoms with E-state index in [1.165, 1.54) is 0 Å². The normalized spacial score (nSPS) is 26.7. The fraction of sp³-hybridized carbons (Fsp3) is 0.200. The zero-order chi connectivity index (χ0) is 9.59. The number of halogens is 1. The number of hydroxylamine groups is 2. The monoisotopic (exact) mass is 293 g/mol. The molecule has 8 heteroatoms. The third-order valence-electron chi connectivity index (χ3n) is 1.59. The van der Waals surface area contributed by atoms with E-state index in [4.69, 9.17) is 10.9 Å². The highest BCUT2D eigenvalue weighted by Crippen LogP contribution is 2.27. The number of nitrogens with zero attached hydrogens (tertiary/aromatic N) is 4. The maximum atomic E-state index is 11.4. The van der Waals surface area contributed by atoms with Crippen LogP contribution in [0.2, 0.25) is 0 Å². The number of amides is 1. The second-order valence-electron chi connectivity index (χ2n) is 2.38. The van der Waals surface area contributed by atoms with Crippen LogP contribution in [0.5, 0.6) is 0 Å². The number of rotatable bonds is 0. The Kier molecular flexibility index (Phi) is 1.89. The van der Waals surface area contributed by atoms with Crippen LogP contribution in [0.3, 0.4) is 0 Å². The van der Waals surface area contributed by atoms with Gasteiger partial charge >= 0.3 is 0 Å². The molecule has 0 bridgehead atoms. The standard InChI is InChI=1S/C5H4IN5O2/c6-2-1-3(10-9-2)8-5(7)11(13)4(1)12/h5,13H,7H2. The summed E-state index contributed by atoms with van der Waals surface area (Å²) in [5.74, 6) is -0.431. The highest BCUT2D eigenvalue weighted by molar-refractivity contribution is 14.1. The fourth-order valence-electron chi connectivity index (χ4n) is 0.972. The van der Waals surface area contributed by atoms with Gasteiger partial charge in [-0.05, 0) is 22.6 Å². The van der Waals surface area contributed by atoms with Gasteiger partial charge < -0.3 is 0 Å². The molecular weight excluding hydrogens is 289 g/mol. The highest BCUT2D eigenvalue weighted by Gasteiger charge is 2.35. The lowest BCUT2D eigenvalue weighted by atomic mass is 10.2. The first-order chi connectivity index (χ1) is 6.11. The Balaban J connectivity index is 2.54. The molecule has 0 saturated carbocycles. The number of nitrogens with two attached hydrogens (primary N) is 1. The van der Waals surface area contributed by atoms with Crippen molar-refractivity contribution in [2.24, 2.45) is 21.0 Å². The summed E-state index contributed by atoms with van der Waals surface area (Å²) in [5.41, 5.74) is 5.51. The summed E-state index contributed by atoms with van der Waals surface area (Å²) in [6, 6.07) is 0. The topological polar surface area (TPSA) is 104 Å². The van der Waals surface area contributed by atoms with Crippen molar-refractivity contribution < 1.29 is 10.0 Å². The van der Waals surface area contributed by atoms with Gasteiger partial charge in [-0.2, -0.15) is 5.06 Å². The molecule has 2 rings (SSSR count). The molecule has 0 spiro atoms. The van der Waals surface area contributed by atoms with Gasteiger partial charge in [-0.3, -0.25) is 15.7 Å². The largest absolute Gasteiger partial charge is 0.290 e. The second kappa shape index (κ2) is 2.82. The molecule has 1 amide bonds. The molecule has 7 nitrogen and oxygen atoms in total. The number of fused-ring (bicyclic) bond motifs is 1. The summed E-state index contributed by atoms with van der Waals surface area (Å²) in [6.45, 7) is 0. The van der Waals surface area contributed by atoms with Crippen LogP contribution >= 0.6 is 22.6 Å². The van der Waals surface area contributed by atoms with Gasteiger partial charge in [0.1, 0.15) is 9.28 Å². The van der Waals surface area contributed by atoms with Crippen molar-refractivity contribution in [2.75, 3.05) is 0 Å². The van der Waals surface area contributed by atoms with Gasteiger partial charge in [-0.15, -0.1) is 10.2 Å². The first-order valence-electron chi connectivity index (χ1n) is 3.29. The van der Waals surface area contributed by atoms with E-state index in [9.17, 15) is 4.79 Å². The van der Waals surface area contributed by atoms with Crippen molar-refractivity contribution in [1.82, 2.24) is 5.06 Å². The lowest BCUT2D eigenvalue weighted by molar-refractivity contribution is -0.170. The highest BCUT2D eigenvalue weighted by atomic mass is 127. The Labute approximate surface area is 86.1 Å². The maximum absolute atomic E-state index is 11.4. The van der Waals surface area contributed by atoms with Crippen LogP contribution in [-0.2, 0) is 4.79 Å². The van der Waals surface area contributed by atoms with Crippen LogP contribution in [0, 0.1) is 0 Å². The van der Waals surface area contributed by atoms with Gasteiger partial charge in [0.25, 0.3) is 5.91 Å². The van der Waals surface area contributed by atoms with Crippen molar-refractivity contribution in [3.05, 3.63) is 9.28 Å². The van der Waals surface area contributed by atoms with E-state index >= 15 is 0 Å². The van der Waals surface area contributed by atoms with Crippen LogP contribution in [-0.4, -0.2) is 28.3 Å². The van der Waals surface area contributed by atoms with Gasteiger partial charge in [-0.25, -0.2) is 4.99 Å². The van der Waals surface area contributed by atoms with Crippen molar-refractivity contribution >= 4 is 34.3 Å². The Bertz CT molecular complexity index is 373. The summed E-state index contributed by atoms with van der Waals surface area (Å²) in [7, 11) is 0. The first kappa shape index (κ1) is 8.72. The first-order valence-corrected chi connectivity index (χ1v) is 4.37. The number of azo groups is 1. The van der Waals surface area contributed by atoms with Crippen LogP contribution < -0.4 is 5.73 Å². The predicted molar refractivity (Wildman–Crippen MR) is 49.9 cm³/mol. The average Bonchev–Trinajstić information content (AvgIpc) is 2.43. The number of amidine groups is 1. The molecule has 0 radical (unpaired) electrons. The SMILES string of the molecule is NC1N=C2N=NC(I)=C2C(=O)N1O. The van der Waals surface area contributed by atoms with Gasteiger partial charge in [0.15, 0.2) is 5.84 Å². The molecule has 1 unspecified atom stereocenters. The molecule has 0 fully saturated rings. The zero-order valence-corrected chi connectivity index (χ0v) is 8.33. The predicted octanol–water partition coefficient (Wildman–Crippen LogP) is -0.0290. The molecular formula is C5H4IN5O2. The summed E-state index contributed by atoms with van der Waals surface area (Å²) in [6.07, 6.45) is -1.09. The molecule has 2 aliphatic rings. The van der Waals surface area contributed by atoms with Crippen molar-refractivity contribution in [2.45, 2.75) is 6.29 Å². The van der Waals surface area contributed by atoms with Crippen molar-refractivity contribution in [1.29, 1.82) is 0 Å². The number of carbonyl (C=O) groups excluding carboxylic acids is 1. The van der Waals surface area contributed by atoms with E-state index in [0.717, 1.165) is 0 Å². The third-order valence-corrected chi connectivity index (χ3v) is 2.34. The fourth-order valence-corrected chi connectivity index (χ4v) is 1.55. The Morgan fingerprint density at radius 1 is 1.54 bits per heavy atom. The lowest BCUT2D eigenvalue weighted by Crippen LogP contribution is -2.47. The Morgan fingerprint density at radius 2 is 2.23 bits per heavy atom. The van der Waals surface area contributed by atoms with Crippen LogP contribution in [0.15, 0.2) is 24.5 Å². The molecule has 0 aliphatic carbocycles. The second-order valence-corrected chi connectivity index (χ2v) is 3.40. The maximum Gasteiger partial charge on any atom is 0.287 e. The van der Waals surface area contributed by atoms with Crippen molar-refractivity contribution in [3.8, 4) is 0 Å². The van der Waals surface area contributed by atoms with Gasteiger partial charge in [-0.1, -0.05) is 0 Å². The number of hydrogen-bond donors (Lipinski definition) is 2. The summed E-state index contributed by atoms with van der Waals surface area (Å²) < 4.78 is 0.410. The minimum Gasteiger partial charge on any atom is -0.290 e. The minimum atomic E-state index is -1.09. The van der Waals surface area contributed by atoms with Crippen LogP contribution in [0.1, 0.15) is 0 Å². The van der Waals surface area contributed by atoms with Crippen LogP contribution in [0.25, 0.3) is 0 Å². The average molecular weight is 293 g/mol. The minimum absolute atomic E-state index is 0.187. The van der Waals surface area contributed by atoms with E-state index in [1.54, 1.807) is 0 Å².